The van der Waals surface area contributed by atoms with Gasteiger partial charge in [0.2, 0.25) is 10.0 Å². The summed E-state index contributed by atoms with van der Waals surface area (Å²) in [6, 6.07) is 0. The first kappa shape index (κ1) is 17.5. The van der Waals surface area contributed by atoms with Gasteiger partial charge in [-0.3, -0.25) is 4.68 Å². The van der Waals surface area contributed by atoms with E-state index in [4.69, 9.17) is 11.6 Å². The van der Waals surface area contributed by atoms with E-state index in [1.165, 1.54) is 4.31 Å². The van der Waals surface area contributed by atoms with Crippen LogP contribution < -0.4 is 0 Å². The van der Waals surface area contributed by atoms with Crippen molar-refractivity contribution in [3.63, 3.8) is 0 Å². The van der Waals surface area contributed by atoms with Gasteiger partial charge >= 0.3 is 0 Å². The smallest absolute Gasteiger partial charge is 0.246 e. The number of alkyl halides is 1. The van der Waals surface area contributed by atoms with E-state index in [0.29, 0.717) is 28.7 Å². The van der Waals surface area contributed by atoms with Gasteiger partial charge in [0.05, 0.1) is 17.9 Å². The lowest BCUT2D eigenvalue weighted by molar-refractivity contribution is 0.257. The zero-order chi connectivity index (χ0) is 15.7. The maximum atomic E-state index is 12.8. The first-order valence-corrected chi connectivity index (χ1v) is 8.66. The molecule has 0 aliphatic carbocycles. The Morgan fingerprint density at radius 3 is 2.35 bits per heavy atom. The summed E-state index contributed by atoms with van der Waals surface area (Å²) in [5.41, 5.74) is 0.722. The molecule has 0 saturated carbocycles. The Bertz CT molecular complexity index is 579. The van der Waals surface area contributed by atoms with E-state index in [-0.39, 0.29) is 0 Å². The molecule has 0 spiro atoms. The molecule has 0 aliphatic heterocycles. The monoisotopic (exact) mass is 321 g/mol. The highest BCUT2D eigenvalue weighted by molar-refractivity contribution is 7.89. The van der Waals surface area contributed by atoms with Gasteiger partial charge in [-0.2, -0.15) is 9.40 Å². The number of halogens is 1. The molecular weight excluding hydrogens is 298 g/mol. The Balaban J connectivity index is 3.37. The molecular formula is C13H24ClN3O2S. The highest BCUT2D eigenvalue weighted by atomic mass is 35.5. The molecule has 1 heterocycles. The summed E-state index contributed by atoms with van der Waals surface area (Å²) in [4.78, 5) is 0.298. The van der Waals surface area contributed by atoms with Crippen molar-refractivity contribution in [1.82, 2.24) is 14.1 Å². The predicted octanol–water partition coefficient (Wildman–Crippen LogP) is 2.55. The average molecular weight is 322 g/mol. The second-order valence-corrected chi connectivity index (χ2v) is 7.83. The number of nitrogens with zero attached hydrogens (tertiary/aromatic N) is 3. The number of aromatic nitrogens is 2. The minimum atomic E-state index is -3.56. The van der Waals surface area contributed by atoms with Crippen molar-refractivity contribution >= 4 is 21.6 Å². The van der Waals surface area contributed by atoms with Crippen LogP contribution in [0.2, 0.25) is 0 Å². The fraction of sp³-hybridized carbons (Fsp3) is 0.769. The zero-order valence-corrected chi connectivity index (χ0v) is 14.6. The fourth-order valence-corrected chi connectivity index (χ4v) is 4.14. The highest BCUT2D eigenvalue weighted by Crippen LogP contribution is 2.29. The van der Waals surface area contributed by atoms with Gasteiger partial charge < -0.3 is 0 Å². The maximum absolute atomic E-state index is 12.8. The minimum absolute atomic E-state index is 0.298. The van der Waals surface area contributed by atoms with Gasteiger partial charge in [-0.1, -0.05) is 6.92 Å². The van der Waals surface area contributed by atoms with Crippen LogP contribution >= 0.6 is 11.6 Å². The molecule has 0 radical (unpaired) electrons. The van der Waals surface area contributed by atoms with Gasteiger partial charge in [0.1, 0.15) is 4.90 Å². The molecule has 1 aromatic rings. The Kier molecular flexibility index (Phi) is 5.27. The number of rotatable bonds is 6. The lowest BCUT2D eigenvalue weighted by Crippen LogP contribution is -2.44. The summed E-state index contributed by atoms with van der Waals surface area (Å²) < 4.78 is 28.8. The zero-order valence-electron chi connectivity index (χ0n) is 13.1. The van der Waals surface area contributed by atoms with Gasteiger partial charge in [-0.15, -0.1) is 11.6 Å². The van der Waals surface area contributed by atoms with Gasteiger partial charge in [-0.25, -0.2) is 8.42 Å². The Hall–Kier alpha value is -0.590. The van der Waals surface area contributed by atoms with E-state index >= 15 is 0 Å². The van der Waals surface area contributed by atoms with Crippen LogP contribution in [0.15, 0.2) is 4.90 Å². The average Bonchev–Trinajstić information content (AvgIpc) is 2.64. The number of sulfonamides is 1. The molecule has 1 aromatic heterocycles. The summed E-state index contributed by atoms with van der Waals surface area (Å²) in [5, 5.41) is 4.28. The molecule has 0 unspecified atom stereocenters. The summed E-state index contributed by atoms with van der Waals surface area (Å²) >= 11 is 5.72. The first-order valence-electron chi connectivity index (χ1n) is 6.68. The molecule has 116 valence electrons. The van der Waals surface area contributed by atoms with E-state index in [9.17, 15) is 8.42 Å². The van der Waals surface area contributed by atoms with E-state index < -0.39 is 15.6 Å². The van der Waals surface area contributed by atoms with E-state index in [1.807, 2.05) is 20.8 Å². The van der Waals surface area contributed by atoms with Crippen molar-refractivity contribution in [1.29, 1.82) is 0 Å². The summed E-state index contributed by atoms with van der Waals surface area (Å²) in [6.07, 6.45) is 0.733. The third kappa shape index (κ3) is 3.02. The predicted molar refractivity (Wildman–Crippen MR) is 81.7 cm³/mol. The largest absolute Gasteiger partial charge is 0.267 e. The summed E-state index contributed by atoms with van der Waals surface area (Å²) in [7, 11) is -1.94. The summed E-state index contributed by atoms with van der Waals surface area (Å²) in [6.45, 7) is 9.80. The number of hydrogen-bond acceptors (Lipinski definition) is 3. The van der Waals surface area contributed by atoms with Crippen molar-refractivity contribution < 1.29 is 8.42 Å². The molecule has 0 N–H and O–H groups in total. The van der Waals surface area contributed by atoms with Gasteiger partial charge in [0.25, 0.3) is 0 Å². The topological polar surface area (TPSA) is 55.2 Å². The van der Waals surface area contributed by atoms with Crippen LogP contribution in [0.25, 0.3) is 0 Å². The molecule has 7 heteroatoms. The molecule has 0 atom stereocenters. The Labute approximate surface area is 127 Å². The van der Waals surface area contributed by atoms with Crippen LogP contribution in [0.5, 0.6) is 0 Å². The van der Waals surface area contributed by atoms with E-state index in [0.717, 1.165) is 6.42 Å². The quantitative estimate of drug-likeness (QED) is 0.757. The molecule has 20 heavy (non-hydrogen) atoms. The third-order valence-electron chi connectivity index (χ3n) is 3.95. The van der Waals surface area contributed by atoms with Crippen molar-refractivity contribution in [3.05, 3.63) is 11.4 Å². The van der Waals surface area contributed by atoms with E-state index in [2.05, 4.69) is 5.10 Å². The number of aryl methyl sites for hydroxylation is 2. The lowest BCUT2D eigenvalue weighted by atomic mass is 10.0. The molecule has 0 amide bonds. The van der Waals surface area contributed by atoms with Crippen molar-refractivity contribution in [2.75, 3.05) is 12.9 Å². The molecule has 0 aliphatic rings. The number of hydrogen-bond donors (Lipinski definition) is 0. The van der Waals surface area contributed by atoms with Crippen molar-refractivity contribution in [2.24, 2.45) is 0 Å². The van der Waals surface area contributed by atoms with Crippen LogP contribution in [0.4, 0.5) is 0 Å². The molecule has 0 fully saturated rings. The molecule has 0 saturated heterocycles. The maximum Gasteiger partial charge on any atom is 0.246 e. The van der Waals surface area contributed by atoms with Crippen LogP contribution in [-0.2, 0) is 16.6 Å². The summed E-state index contributed by atoms with van der Waals surface area (Å²) in [5.74, 6) is 0.401. The van der Waals surface area contributed by atoms with Crippen LogP contribution in [0.3, 0.4) is 0 Å². The SMILES string of the molecule is CCC(C)(C)N(C)S(=O)(=O)c1c(C)nn(CCCl)c1C. The Morgan fingerprint density at radius 1 is 1.35 bits per heavy atom. The van der Waals surface area contributed by atoms with Gasteiger partial charge in [0, 0.05) is 18.5 Å². The van der Waals surface area contributed by atoms with E-state index in [1.54, 1.807) is 25.6 Å². The third-order valence-corrected chi connectivity index (χ3v) is 6.44. The molecule has 1 rings (SSSR count). The lowest BCUT2D eigenvalue weighted by Gasteiger charge is -2.33. The van der Waals surface area contributed by atoms with Crippen molar-refractivity contribution in [3.8, 4) is 0 Å². The molecule has 0 bridgehead atoms. The molecule has 5 nitrogen and oxygen atoms in total. The van der Waals surface area contributed by atoms with Crippen molar-refractivity contribution in [2.45, 2.75) is 58.0 Å². The van der Waals surface area contributed by atoms with Gasteiger partial charge in [0.15, 0.2) is 0 Å². The second-order valence-electron chi connectivity index (χ2n) is 5.55. The minimum Gasteiger partial charge on any atom is -0.267 e. The Morgan fingerprint density at radius 2 is 1.90 bits per heavy atom. The molecule has 0 aromatic carbocycles. The normalized spacial score (nSPS) is 13.2. The van der Waals surface area contributed by atoms with Crippen LogP contribution in [0.1, 0.15) is 38.6 Å². The first-order chi connectivity index (χ1) is 9.09. The van der Waals surface area contributed by atoms with Crippen LogP contribution in [-0.4, -0.2) is 41.0 Å². The van der Waals surface area contributed by atoms with Crippen LogP contribution in [0, 0.1) is 13.8 Å². The fourth-order valence-electron chi connectivity index (χ4n) is 2.04. The van der Waals surface area contributed by atoms with Gasteiger partial charge in [-0.05, 0) is 34.1 Å². The second kappa shape index (κ2) is 6.03. The highest BCUT2D eigenvalue weighted by Gasteiger charge is 2.36. The standard InChI is InChI=1S/C13H24ClN3O2S/c1-7-13(4,5)16(6)20(18,19)12-10(2)15-17(9-8-14)11(12)3/h7-9H2,1-6H3.